The van der Waals surface area contributed by atoms with E-state index in [9.17, 15) is 4.39 Å². The Hall–Kier alpha value is -1.02. The molecule has 0 heterocycles. The lowest BCUT2D eigenvalue weighted by Gasteiger charge is -2.13. The second-order valence-corrected chi connectivity index (χ2v) is 4.80. The minimum absolute atomic E-state index is 0.168. The Balaban J connectivity index is 2.68. The normalized spacial score (nSPS) is 12.2. The lowest BCUT2D eigenvalue weighted by molar-refractivity contribution is 0.622. The van der Waals surface area contributed by atoms with Crippen molar-refractivity contribution in [2.45, 2.75) is 33.1 Å². The van der Waals surface area contributed by atoms with E-state index in [-0.39, 0.29) is 11.7 Å². The molecule has 0 fully saturated rings. The van der Waals surface area contributed by atoms with E-state index in [4.69, 9.17) is 12.2 Å². The van der Waals surface area contributed by atoms with E-state index in [0.717, 1.165) is 35.3 Å². The third kappa shape index (κ3) is 4.04. The van der Waals surface area contributed by atoms with Crippen molar-refractivity contribution in [3.05, 3.63) is 47.8 Å². The van der Waals surface area contributed by atoms with Gasteiger partial charge in [0, 0.05) is 5.92 Å². The van der Waals surface area contributed by atoms with Crippen LogP contribution in [-0.4, -0.2) is 4.86 Å². The summed E-state index contributed by atoms with van der Waals surface area (Å²) in [5.74, 6) is 0.0940. The number of aryl methyl sites for hydroxylation is 2. The van der Waals surface area contributed by atoms with Gasteiger partial charge < -0.3 is 0 Å². The molecule has 0 N–H and O–H groups in total. The van der Waals surface area contributed by atoms with Gasteiger partial charge in [0.1, 0.15) is 5.82 Å². The average molecular weight is 250 g/mol. The maximum absolute atomic E-state index is 13.1. The van der Waals surface area contributed by atoms with E-state index in [1.54, 1.807) is 6.07 Å². The highest BCUT2D eigenvalue weighted by Crippen LogP contribution is 2.18. The first-order chi connectivity index (χ1) is 8.08. The lowest BCUT2D eigenvalue weighted by atomic mass is 9.93. The first-order valence-electron chi connectivity index (χ1n) is 5.98. The fraction of sp³-hybridized carbons (Fsp3) is 0.400. The molecule has 1 atom stereocenters. The Morgan fingerprint density at radius 2 is 2.24 bits per heavy atom. The second kappa shape index (κ2) is 6.65. The number of halogens is 1. The topological polar surface area (TPSA) is 0 Å². The van der Waals surface area contributed by atoms with Gasteiger partial charge in [0.15, 0.2) is 0 Å². The van der Waals surface area contributed by atoms with E-state index in [1.807, 2.05) is 19.1 Å². The van der Waals surface area contributed by atoms with E-state index < -0.39 is 0 Å². The van der Waals surface area contributed by atoms with Gasteiger partial charge in [-0.15, -0.1) is 6.58 Å². The number of benzene rings is 1. The van der Waals surface area contributed by atoms with Gasteiger partial charge in [0.25, 0.3) is 0 Å². The van der Waals surface area contributed by atoms with Crippen LogP contribution < -0.4 is 0 Å². The Morgan fingerprint density at radius 1 is 1.53 bits per heavy atom. The molecule has 0 aliphatic carbocycles. The molecule has 0 aliphatic heterocycles. The fourth-order valence-corrected chi connectivity index (χ4v) is 2.11. The molecule has 0 radical (unpaired) electrons. The zero-order chi connectivity index (χ0) is 12.8. The van der Waals surface area contributed by atoms with Crippen LogP contribution in [0.4, 0.5) is 4.39 Å². The summed E-state index contributed by atoms with van der Waals surface area (Å²) in [6.45, 7) is 7.89. The Labute approximate surface area is 109 Å². The standard InChI is InChI=1S/C15H19FS/c1-4-12(15(17)5-2)7-8-13-10-14(16)9-6-11(13)3/h4,6,9-10,12H,1,5,7-8H2,2-3H3. The van der Waals surface area contributed by atoms with Crippen molar-refractivity contribution < 1.29 is 4.39 Å². The van der Waals surface area contributed by atoms with Crippen LogP contribution in [0, 0.1) is 18.7 Å². The van der Waals surface area contributed by atoms with Gasteiger partial charge in [0.2, 0.25) is 0 Å². The molecule has 2 heteroatoms. The lowest BCUT2D eigenvalue weighted by Crippen LogP contribution is -2.10. The molecule has 0 spiro atoms. The van der Waals surface area contributed by atoms with Crippen LogP contribution in [0.25, 0.3) is 0 Å². The van der Waals surface area contributed by atoms with Crippen molar-refractivity contribution in [3.63, 3.8) is 0 Å². The van der Waals surface area contributed by atoms with Gasteiger partial charge in [-0.05, 0) is 54.3 Å². The molecule has 0 saturated heterocycles. The van der Waals surface area contributed by atoms with E-state index in [2.05, 4.69) is 13.5 Å². The largest absolute Gasteiger partial charge is 0.207 e. The number of allylic oxidation sites excluding steroid dienone is 1. The van der Waals surface area contributed by atoms with Gasteiger partial charge >= 0.3 is 0 Å². The van der Waals surface area contributed by atoms with Crippen molar-refractivity contribution in [3.8, 4) is 0 Å². The smallest absolute Gasteiger partial charge is 0.123 e. The highest BCUT2D eigenvalue weighted by atomic mass is 32.1. The van der Waals surface area contributed by atoms with Gasteiger partial charge in [-0.2, -0.15) is 0 Å². The van der Waals surface area contributed by atoms with Crippen molar-refractivity contribution in [2.24, 2.45) is 5.92 Å². The van der Waals surface area contributed by atoms with Crippen LogP contribution >= 0.6 is 12.2 Å². The van der Waals surface area contributed by atoms with Crippen LogP contribution in [0.5, 0.6) is 0 Å². The van der Waals surface area contributed by atoms with Crippen molar-refractivity contribution in [1.29, 1.82) is 0 Å². The van der Waals surface area contributed by atoms with Crippen LogP contribution in [0.15, 0.2) is 30.9 Å². The third-order valence-corrected chi connectivity index (χ3v) is 3.67. The maximum atomic E-state index is 13.1. The number of hydrogen-bond donors (Lipinski definition) is 0. The molecule has 0 saturated carbocycles. The molecule has 1 aromatic carbocycles. The van der Waals surface area contributed by atoms with Gasteiger partial charge in [0.05, 0.1) is 0 Å². The molecule has 1 aromatic rings. The molecule has 1 rings (SSSR count). The summed E-state index contributed by atoms with van der Waals surface area (Å²) in [5, 5.41) is 0. The summed E-state index contributed by atoms with van der Waals surface area (Å²) in [4.78, 5) is 1.04. The van der Waals surface area contributed by atoms with Crippen molar-refractivity contribution in [1.82, 2.24) is 0 Å². The first kappa shape index (κ1) is 14.0. The first-order valence-corrected chi connectivity index (χ1v) is 6.39. The number of thiocarbonyl (C=S) groups is 1. The van der Waals surface area contributed by atoms with E-state index in [0.29, 0.717) is 0 Å². The van der Waals surface area contributed by atoms with E-state index in [1.165, 1.54) is 6.07 Å². The third-order valence-electron chi connectivity index (χ3n) is 3.08. The van der Waals surface area contributed by atoms with Crippen LogP contribution in [0.3, 0.4) is 0 Å². The average Bonchev–Trinajstić information content (AvgIpc) is 2.33. The highest BCUT2D eigenvalue weighted by molar-refractivity contribution is 7.80. The summed E-state index contributed by atoms with van der Waals surface area (Å²) >= 11 is 5.30. The monoisotopic (exact) mass is 250 g/mol. The quantitative estimate of drug-likeness (QED) is 0.523. The molecule has 92 valence electrons. The minimum atomic E-state index is -0.168. The molecule has 0 aliphatic rings. The summed E-state index contributed by atoms with van der Waals surface area (Å²) in [7, 11) is 0. The van der Waals surface area contributed by atoms with Crippen LogP contribution in [0.2, 0.25) is 0 Å². The van der Waals surface area contributed by atoms with E-state index >= 15 is 0 Å². The number of rotatable bonds is 6. The summed E-state index contributed by atoms with van der Waals surface area (Å²) in [6.07, 6.45) is 4.56. The summed E-state index contributed by atoms with van der Waals surface area (Å²) in [6, 6.07) is 4.94. The van der Waals surface area contributed by atoms with Gasteiger partial charge in [-0.1, -0.05) is 31.3 Å². The van der Waals surface area contributed by atoms with Crippen molar-refractivity contribution in [2.75, 3.05) is 0 Å². The SMILES string of the molecule is C=CC(CCc1cc(F)ccc1C)C(=S)CC. The predicted octanol–water partition coefficient (Wildman–Crippen LogP) is 4.65. The molecule has 0 nitrogen and oxygen atoms in total. The van der Waals surface area contributed by atoms with Crippen LogP contribution in [-0.2, 0) is 6.42 Å². The number of hydrogen-bond acceptors (Lipinski definition) is 1. The molecule has 0 amide bonds. The molecular formula is C15H19FS. The molecule has 0 bridgehead atoms. The zero-order valence-corrected chi connectivity index (χ0v) is 11.3. The Morgan fingerprint density at radius 3 is 2.82 bits per heavy atom. The molecule has 1 unspecified atom stereocenters. The summed E-state index contributed by atoms with van der Waals surface area (Å²) in [5.41, 5.74) is 2.20. The highest BCUT2D eigenvalue weighted by Gasteiger charge is 2.10. The Kier molecular flexibility index (Phi) is 5.49. The Bertz CT molecular complexity index is 409. The predicted molar refractivity (Wildman–Crippen MR) is 76.0 cm³/mol. The fourth-order valence-electron chi connectivity index (χ4n) is 1.89. The molecule has 17 heavy (non-hydrogen) atoms. The molecular weight excluding hydrogens is 231 g/mol. The van der Waals surface area contributed by atoms with Gasteiger partial charge in [-0.3, -0.25) is 0 Å². The van der Waals surface area contributed by atoms with Crippen LogP contribution in [0.1, 0.15) is 30.9 Å². The van der Waals surface area contributed by atoms with Gasteiger partial charge in [-0.25, -0.2) is 4.39 Å². The minimum Gasteiger partial charge on any atom is -0.207 e. The van der Waals surface area contributed by atoms with Crippen molar-refractivity contribution >= 4 is 17.1 Å². The maximum Gasteiger partial charge on any atom is 0.123 e. The second-order valence-electron chi connectivity index (χ2n) is 4.27. The zero-order valence-electron chi connectivity index (χ0n) is 10.5. The molecule has 0 aromatic heterocycles. The summed E-state index contributed by atoms with van der Waals surface area (Å²) < 4.78 is 13.1.